The van der Waals surface area contributed by atoms with Gasteiger partial charge in [0, 0.05) is 5.54 Å². The van der Waals surface area contributed by atoms with Crippen LogP contribution in [0.3, 0.4) is 0 Å². The van der Waals surface area contributed by atoms with Crippen molar-refractivity contribution >= 4 is 17.0 Å². The molecule has 1 aromatic carbocycles. The van der Waals surface area contributed by atoms with Gasteiger partial charge < -0.3 is 5.32 Å². The lowest BCUT2D eigenvalue weighted by Crippen LogP contribution is -2.31. The van der Waals surface area contributed by atoms with Crippen LogP contribution in [0.15, 0.2) is 24.3 Å². The van der Waals surface area contributed by atoms with E-state index in [-0.39, 0.29) is 5.54 Å². The number of hydrogen-bond donors (Lipinski definition) is 1. The van der Waals surface area contributed by atoms with Crippen molar-refractivity contribution in [3.05, 3.63) is 24.3 Å². The molecule has 17 heavy (non-hydrogen) atoms. The minimum absolute atomic E-state index is 0.00110. The van der Waals surface area contributed by atoms with E-state index >= 15 is 0 Å². The summed E-state index contributed by atoms with van der Waals surface area (Å²) in [5, 5.41) is 11.6. The maximum Gasteiger partial charge on any atom is 0.243 e. The number of rotatable bonds is 4. The van der Waals surface area contributed by atoms with E-state index in [9.17, 15) is 0 Å². The van der Waals surface area contributed by atoms with Crippen molar-refractivity contribution in [1.29, 1.82) is 0 Å². The summed E-state index contributed by atoms with van der Waals surface area (Å²) >= 11 is 0. The summed E-state index contributed by atoms with van der Waals surface area (Å²) in [7, 11) is 0. The Morgan fingerprint density at radius 2 is 1.82 bits per heavy atom. The van der Waals surface area contributed by atoms with Gasteiger partial charge in [-0.2, -0.15) is 0 Å². The van der Waals surface area contributed by atoms with Crippen molar-refractivity contribution in [2.75, 3.05) is 5.32 Å². The first-order valence-electron chi connectivity index (χ1n) is 5.98. The van der Waals surface area contributed by atoms with Gasteiger partial charge in [0.15, 0.2) is 0 Å². The van der Waals surface area contributed by atoms with E-state index in [1.165, 1.54) is 0 Å². The van der Waals surface area contributed by atoms with Gasteiger partial charge in [-0.25, -0.2) is 4.98 Å². The number of fused-ring (bicyclic) bond motifs is 1. The topological polar surface area (TPSA) is 50.7 Å². The number of anilines is 1. The Labute approximate surface area is 101 Å². The molecule has 0 saturated carbocycles. The predicted octanol–water partition coefficient (Wildman–Crippen LogP) is 3.02. The van der Waals surface area contributed by atoms with Gasteiger partial charge in [-0.1, -0.05) is 25.5 Å². The SMILES string of the molecule is CCCC(C)(C)Nc1nnc2ccccc2n1. The van der Waals surface area contributed by atoms with Crippen molar-refractivity contribution in [2.45, 2.75) is 39.2 Å². The van der Waals surface area contributed by atoms with Gasteiger partial charge >= 0.3 is 0 Å². The highest BCUT2D eigenvalue weighted by atomic mass is 15.2. The quantitative estimate of drug-likeness (QED) is 0.877. The molecule has 0 spiro atoms. The van der Waals surface area contributed by atoms with Crippen LogP contribution in [0, 0.1) is 0 Å². The highest BCUT2D eigenvalue weighted by molar-refractivity contribution is 5.74. The van der Waals surface area contributed by atoms with Gasteiger partial charge in [0.05, 0.1) is 5.52 Å². The van der Waals surface area contributed by atoms with E-state index in [0.717, 1.165) is 23.9 Å². The summed E-state index contributed by atoms with van der Waals surface area (Å²) < 4.78 is 0. The van der Waals surface area contributed by atoms with E-state index in [0.29, 0.717) is 5.95 Å². The number of para-hydroxylation sites is 1. The van der Waals surface area contributed by atoms with Crippen LogP contribution in [0.5, 0.6) is 0 Å². The molecule has 0 aliphatic carbocycles. The first kappa shape index (κ1) is 11.8. The van der Waals surface area contributed by atoms with Gasteiger partial charge in [-0.15, -0.1) is 10.2 Å². The molecule has 0 unspecified atom stereocenters. The van der Waals surface area contributed by atoms with Crippen molar-refractivity contribution < 1.29 is 0 Å². The molecule has 0 radical (unpaired) electrons. The zero-order chi connectivity index (χ0) is 12.3. The van der Waals surface area contributed by atoms with Crippen LogP contribution in [-0.4, -0.2) is 20.7 Å². The van der Waals surface area contributed by atoms with E-state index in [4.69, 9.17) is 0 Å². The molecule has 0 atom stereocenters. The van der Waals surface area contributed by atoms with Crippen LogP contribution in [0.1, 0.15) is 33.6 Å². The Morgan fingerprint density at radius 1 is 1.12 bits per heavy atom. The molecular formula is C13H18N4. The number of hydrogen-bond acceptors (Lipinski definition) is 4. The number of benzene rings is 1. The third kappa shape index (κ3) is 2.90. The first-order chi connectivity index (χ1) is 8.11. The Hall–Kier alpha value is -1.71. The van der Waals surface area contributed by atoms with E-state index < -0.39 is 0 Å². The minimum Gasteiger partial charge on any atom is -0.348 e. The highest BCUT2D eigenvalue weighted by Crippen LogP contribution is 2.17. The summed E-state index contributed by atoms with van der Waals surface area (Å²) in [5.74, 6) is 0.599. The zero-order valence-electron chi connectivity index (χ0n) is 10.6. The standard InChI is InChI=1S/C13H18N4/c1-4-9-13(2,3)15-12-14-10-7-5-6-8-11(10)16-17-12/h5-8H,4,9H2,1-3H3,(H,14,15,17). The molecule has 0 bridgehead atoms. The fraction of sp³-hybridized carbons (Fsp3) is 0.462. The molecule has 0 saturated heterocycles. The molecule has 2 rings (SSSR count). The molecule has 2 aromatic rings. The monoisotopic (exact) mass is 230 g/mol. The van der Waals surface area contributed by atoms with Crippen LogP contribution < -0.4 is 5.32 Å². The molecule has 0 aliphatic heterocycles. The molecule has 90 valence electrons. The van der Waals surface area contributed by atoms with Gasteiger partial charge in [-0.05, 0) is 32.4 Å². The number of aromatic nitrogens is 3. The second kappa shape index (κ2) is 4.65. The summed E-state index contributed by atoms with van der Waals surface area (Å²) in [5.41, 5.74) is 1.70. The molecule has 1 aromatic heterocycles. The van der Waals surface area contributed by atoms with E-state index in [2.05, 4.69) is 41.3 Å². The summed E-state index contributed by atoms with van der Waals surface area (Å²) in [6.07, 6.45) is 2.20. The van der Waals surface area contributed by atoms with Crippen LogP contribution >= 0.6 is 0 Å². The fourth-order valence-electron chi connectivity index (χ4n) is 1.92. The Morgan fingerprint density at radius 3 is 2.53 bits per heavy atom. The van der Waals surface area contributed by atoms with Gasteiger partial charge in [0.25, 0.3) is 0 Å². The van der Waals surface area contributed by atoms with Gasteiger partial charge in [0.1, 0.15) is 5.52 Å². The molecule has 4 nitrogen and oxygen atoms in total. The second-order valence-corrected chi connectivity index (χ2v) is 4.88. The number of nitrogens with one attached hydrogen (secondary N) is 1. The molecule has 0 amide bonds. The molecule has 0 aliphatic rings. The molecule has 1 heterocycles. The summed E-state index contributed by atoms with van der Waals surface area (Å²) in [6.45, 7) is 6.47. The van der Waals surface area contributed by atoms with Crippen molar-refractivity contribution in [3.8, 4) is 0 Å². The maximum atomic E-state index is 4.46. The van der Waals surface area contributed by atoms with E-state index in [1.54, 1.807) is 0 Å². The predicted molar refractivity (Wildman–Crippen MR) is 69.9 cm³/mol. The van der Waals surface area contributed by atoms with Crippen molar-refractivity contribution in [1.82, 2.24) is 15.2 Å². The van der Waals surface area contributed by atoms with Crippen molar-refractivity contribution in [2.24, 2.45) is 0 Å². The van der Waals surface area contributed by atoms with Crippen LogP contribution in [0.25, 0.3) is 11.0 Å². The van der Waals surface area contributed by atoms with Crippen LogP contribution in [0.4, 0.5) is 5.95 Å². The smallest absolute Gasteiger partial charge is 0.243 e. The third-order valence-corrected chi connectivity index (χ3v) is 2.69. The third-order valence-electron chi connectivity index (χ3n) is 2.69. The van der Waals surface area contributed by atoms with Crippen LogP contribution in [0.2, 0.25) is 0 Å². The Kier molecular flexibility index (Phi) is 3.22. The highest BCUT2D eigenvalue weighted by Gasteiger charge is 2.17. The maximum absolute atomic E-state index is 4.46. The summed E-state index contributed by atoms with van der Waals surface area (Å²) in [4.78, 5) is 4.46. The van der Waals surface area contributed by atoms with Crippen LogP contribution in [-0.2, 0) is 0 Å². The molecular weight excluding hydrogens is 212 g/mol. The molecule has 0 fully saturated rings. The van der Waals surface area contributed by atoms with Gasteiger partial charge in [-0.3, -0.25) is 0 Å². The fourth-order valence-corrected chi connectivity index (χ4v) is 1.92. The number of nitrogens with zero attached hydrogens (tertiary/aromatic N) is 3. The lowest BCUT2D eigenvalue weighted by Gasteiger charge is -2.25. The first-order valence-corrected chi connectivity index (χ1v) is 5.98. The molecule has 1 N–H and O–H groups in total. The largest absolute Gasteiger partial charge is 0.348 e. The summed E-state index contributed by atoms with van der Waals surface area (Å²) in [6, 6.07) is 7.75. The average molecular weight is 230 g/mol. The van der Waals surface area contributed by atoms with Crippen molar-refractivity contribution in [3.63, 3.8) is 0 Å². The molecule has 4 heteroatoms. The van der Waals surface area contributed by atoms with Gasteiger partial charge in [0.2, 0.25) is 5.95 Å². The zero-order valence-corrected chi connectivity index (χ0v) is 10.6. The Bertz CT molecular complexity index is 508. The van der Waals surface area contributed by atoms with E-state index in [1.807, 2.05) is 24.3 Å². The Balaban J connectivity index is 2.25. The minimum atomic E-state index is -0.00110. The average Bonchev–Trinajstić information content (AvgIpc) is 2.28. The lowest BCUT2D eigenvalue weighted by atomic mass is 9.99. The lowest BCUT2D eigenvalue weighted by molar-refractivity contribution is 0.506. The normalized spacial score (nSPS) is 11.7. The second-order valence-electron chi connectivity index (χ2n) is 4.88.